The summed E-state index contributed by atoms with van der Waals surface area (Å²) in [5, 5.41) is 14.4. The molecule has 156 valence electrons. The fourth-order valence-corrected chi connectivity index (χ4v) is 3.21. The molecule has 2 aromatic carbocycles. The number of hydrogen-bond acceptors (Lipinski definition) is 8. The van der Waals surface area contributed by atoms with Gasteiger partial charge in [-0.05, 0) is 42.0 Å². The predicted octanol–water partition coefficient (Wildman–Crippen LogP) is 4.06. The smallest absolute Gasteiger partial charge is 0.230 e. The fourth-order valence-electron chi connectivity index (χ4n) is 3.21. The van der Waals surface area contributed by atoms with Gasteiger partial charge in [0.1, 0.15) is 12.1 Å². The highest BCUT2D eigenvalue weighted by Crippen LogP contribution is 2.26. The van der Waals surface area contributed by atoms with Gasteiger partial charge in [-0.15, -0.1) is 5.10 Å². The van der Waals surface area contributed by atoms with E-state index in [0.717, 1.165) is 22.5 Å². The van der Waals surface area contributed by atoms with Crippen LogP contribution in [0.2, 0.25) is 0 Å². The Labute approximate surface area is 184 Å². The van der Waals surface area contributed by atoms with Crippen LogP contribution in [0.25, 0.3) is 11.4 Å². The maximum Gasteiger partial charge on any atom is 0.230 e. The van der Waals surface area contributed by atoms with E-state index in [9.17, 15) is 0 Å². The zero-order valence-electron chi connectivity index (χ0n) is 17.0. The minimum absolute atomic E-state index is 0.447. The minimum Gasteiger partial charge on any atom is -0.340 e. The summed E-state index contributed by atoms with van der Waals surface area (Å²) in [7, 11) is 0. The number of rotatable bonds is 7. The van der Waals surface area contributed by atoms with Crippen molar-refractivity contribution in [2.24, 2.45) is 0 Å². The summed E-state index contributed by atoms with van der Waals surface area (Å²) in [6, 6.07) is 21.6. The van der Waals surface area contributed by atoms with Gasteiger partial charge in [0.2, 0.25) is 5.95 Å². The molecule has 0 spiro atoms. The fraction of sp³-hybridized carbons (Fsp3) is 0.0435. The zero-order valence-corrected chi connectivity index (χ0v) is 17.0. The summed E-state index contributed by atoms with van der Waals surface area (Å²) < 4.78 is 1.77. The Morgan fingerprint density at radius 3 is 2.56 bits per heavy atom. The molecule has 0 fully saturated rings. The van der Waals surface area contributed by atoms with E-state index in [1.807, 2.05) is 72.9 Å². The van der Waals surface area contributed by atoms with Gasteiger partial charge in [0, 0.05) is 23.8 Å². The third kappa shape index (κ3) is 4.57. The first-order valence-corrected chi connectivity index (χ1v) is 10.00. The van der Waals surface area contributed by atoms with Gasteiger partial charge in [0.25, 0.3) is 0 Å². The molecule has 0 unspecified atom stereocenters. The van der Waals surface area contributed by atoms with Gasteiger partial charge in [-0.25, -0.2) is 19.6 Å². The lowest BCUT2D eigenvalue weighted by Crippen LogP contribution is -2.04. The Bertz CT molecular complexity index is 1300. The molecule has 32 heavy (non-hydrogen) atoms. The Kier molecular flexibility index (Phi) is 5.43. The first-order chi connectivity index (χ1) is 15.8. The summed E-state index contributed by atoms with van der Waals surface area (Å²) in [5.74, 6) is 1.64. The Hall–Kier alpha value is -4.66. The maximum atomic E-state index is 4.61. The van der Waals surface area contributed by atoms with Crippen molar-refractivity contribution in [2.45, 2.75) is 6.54 Å². The minimum atomic E-state index is 0.447. The lowest BCUT2D eigenvalue weighted by Gasteiger charge is -2.11. The van der Waals surface area contributed by atoms with Gasteiger partial charge in [-0.2, -0.15) is 4.98 Å². The number of nitrogens with one attached hydrogen (secondary N) is 2. The summed E-state index contributed by atoms with van der Waals surface area (Å²) >= 11 is 0. The predicted molar refractivity (Wildman–Crippen MR) is 122 cm³/mol. The molecule has 3 aromatic heterocycles. The number of anilines is 4. The van der Waals surface area contributed by atoms with E-state index < -0.39 is 0 Å². The van der Waals surface area contributed by atoms with Crippen LogP contribution >= 0.6 is 0 Å². The lowest BCUT2D eigenvalue weighted by atomic mass is 10.2. The van der Waals surface area contributed by atoms with Crippen molar-refractivity contribution < 1.29 is 0 Å². The van der Waals surface area contributed by atoms with Crippen LogP contribution in [0, 0.1) is 0 Å². The second-order valence-corrected chi connectivity index (χ2v) is 6.95. The molecule has 0 aliphatic heterocycles. The topological polar surface area (TPSA) is 106 Å². The van der Waals surface area contributed by atoms with E-state index in [4.69, 9.17) is 0 Å². The summed E-state index contributed by atoms with van der Waals surface area (Å²) in [6.45, 7) is 0.627. The van der Waals surface area contributed by atoms with Crippen molar-refractivity contribution in [1.82, 2.24) is 34.9 Å². The SMILES string of the molecule is c1ccc(Nc2ncccc2-c2ncnc(Nc3cccc(Cn4ccnn4)c3)n2)cc1. The standard InChI is InChI=1S/C23H19N9/c1-2-7-18(8-3-1)28-21-20(10-5-11-24-21)22-25-16-26-23(30-22)29-19-9-4-6-17(14-19)15-32-13-12-27-31-32/h1-14,16H,15H2,(H,24,28)(H,25,26,29,30). The largest absolute Gasteiger partial charge is 0.340 e. The molecule has 9 heteroatoms. The van der Waals surface area contributed by atoms with Crippen molar-refractivity contribution in [3.8, 4) is 11.4 Å². The van der Waals surface area contributed by atoms with E-state index in [-0.39, 0.29) is 0 Å². The van der Waals surface area contributed by atoms with Gasteiger partial charge >= 0.3 is 0 Å². The molecule has 2 N–H and O–H groups in total. The van der Waals surface area contributed by atoms with Gasteiger partial charge in [0.15, 0.2) is 5.82 Å². The summed E-state index contributed by atoms with van der Waals surface area (Å²) in [4.78, 5) is 17.7. The Morgan fingerprint density at radius 2 is 1.69 bits per heavy atom. The van der Waals surface area contributed by atoms with Crippen LogP contribution in [0.4, 0.5) is 23.1 Å². The van der Waals surface area contributed by atoms with E-state index in [1.54, 1.807) is 17.1 Å². The number of para-hydroxylation sites is 1. The van der Waals surface area contributed by atoms with Crippen LogP contribution in [0.1, 0.15) is 5.56 Å². The van der Waals surface area contributed by atoms with E-state index in [2.05, 4.69) is 40.9 Å². The second-order valence-electron chi connectivity index (χ2n) is 6.95. The van der Waals surface area contributed by atoms with Crippen molar-refractivity contribution in [1.29, 1.82) is 0 Å². The number of pyridine rings is 1. The molecule has 0 amide bonds. The summed E-state index contributed by atoms with van der Waals surface area (Å²) in [5.41, 5.74) is 3.66. The molecule has 0 atom stereocenters. The van der Waals surface area contributed by atoms with Crippen molar-refractivity contribution in [3.63, 3.8) is 0 Å². The van der Waals surface area contributed by atoms with Crippen molar-refractivity contribution in [3.05, 3.63) is 97.2 Å². The highest BCUT2D eigenvalue weighted by atomic mass is 15.4. The lowest BCUT2D eigenvalue weighted by molar-refractivity contribution is 0.650. The zero-order chi connectivity index (χ0) is 21.6. The monoisotopic (exact) mass is 421 g/mol. The molecule has 0 radical (unpaired) electrons. The van der Waals surface area contributed by atoms with E-state index >= 15 is 0 Å². The van der Waals surface area contributed by atoms with Crippen LogP contribution in [0.15, 0.2) is 91.6 Å². The Morgan fingerprint density at radius 1 is 0.781 bits per heavy atom. The highest BCUT2D eigenvalue weighted by molar-refractivity contribution is 5.74. The van der Waals surface area contributed by atoms with E-state index in [0.29, 0.717) is 24.1 Å². The third-order valence-electron chi connectivity index (χ3n) is 4.66. The van der Waals surface area contributed by atoms with Crippen LogP contribution in [0.3, 0.4) is 0 Å². The molecule has 0 saturated heterocycles. The van der Waals surface area contributed by atoms with Crippen LogP contribution in [-0.2, 0) is 6.54 Å². The number of nitrogens with zero attached hydrogens (tertiary/aromatic N) is 7. The molecule has 0 saturated carbocycles. The number of aromatic nitrogens is 7. The number of benzene rings is 2. The molecule has 9 nitrogen and oxygen atoms in total. The molecule has 0 aliphatic carbocycles. The molecule has 5 rings (SSSR count). The van der Waals surface area contributed by atoms with Crippen LogP contribution in [0.5, 0.6) is 0 Å². The maximum absolute atomic E-state index is 4.61. The van der Waals surface area contributed by atoms with Crippen molar-refractivity contribution in [2.75, 3.05) is 10.6 Å². The second kappa shape index (κ2) is 9.00. The number of hydrogen-bond donors (Lipinski definition) is 2. The molecular formula is C23H19N9. The first-order valence-electron chi connectivity index (χ1n) is 10.00. The average Bonchev–Trinajstić information content (AvgIpc) is 3.34. The third-order valence-corrected chi connectivity index (χ3v) is 4.66. The van der Waals surface area contributed by atoms with Gasteiger partial charge < -0.3 is 10.6 Å². The quantitative estimate of drug-likeness (QED) is 0.405. The average molecular weight is 421 g/mol. The van der Waals surface area contributed by atoms with Gasteiger partial charge in [-0.3, -0.25) is 0 Å². The highest BCUT2D eigenvalue weighted by Gasteiger charge is 2.11. The molecule has 3 heterocycles. The molecular weight excluding hydrogens is 402 g/mol. The van der Waals surface area contributed by atoms with Gasteiger partial charge in [-0.1, -0.05) is 35.5 Å². The van der Waals surface area contributed by atoms with Crippen LogP contribution in [-0.4, -0.2) is 34.9 Å². The normalized spacial score (nSPS) is 10.6. The molecule has 0 bridgehead atoms. The molecule has 0 aliphatic rings. The van der Waals surface area contributed by atoms with Crippen LogP contribution < -0.4 is 10.6 Å². The molecule has 5 aromatic rings. The van der Waals surface area contributed by atoms with Gasteiger partial charge in [0.05, 0.1) is 18.3 Å². The summed E-state index contributed by atoms with van der Waals surface area (Å²) in [6.07, 6.45) is 6.71. The Balaban J connectivity index is 1.38. The van der Waals surface area contributed by atoms with E-state index in [1.165, 1.54) is 6.33 Å². The van der Waals surface area contributed by atoms with Crippen molar-refractivity contribution >= 4 is 23.1 Å². The first kappa shape index (κ1) is 19.3.